The van der Waals surface area contributed by atoms with Crippen LogP contribution >= 0.6 is 0 Å². The molecule has 0 radical (unpaired) electrons. The summed E-state index contributed by atoms with van der Waals surface area (Å²) in [6.07, 6.45) is 0. The van der Waals surface area contributed by atoms with Gasteiger partial charge in [0.25, 0.3) is 10.0 Å². The minimum Gasteiger partial charge on any atom is -0.497 e. The minimum absolute atomic E-state index is 0.0707. The minimum atomic E-state index is -4.09. The van der Waals surface area contributed by atoms with E-state index >= 15 is 0 Å². The second-order valence-corrected chi connectivity index (χ2v) is 11.7. The number of methoxy groups -OCH3 is 1. The molecule has 0 aromatic heterocycles. The zero-order valence-electron chi connectivity index (χ0n) is 23.1. The van der Waals surface area contributed by atoms with Crippen molar-refractivity contribution in [2.45, 2.75) is 45.2 Å². The van der Waals surface area contributed by atoms with Crippen LogP contribution in [0, 0.1) is 12.8 Å². The van der Waals surface area contributed by atoms with E-state index in [0.717, 1.165) is 15.4 Å². The molecule has 1 atom stereocenters. The molecule has 0 aliphatic heterocycles. The molecule has 0 saturated heterocycles. The van der Waals surface area contributed by atoms with Crippen molar-refractivity contribution < 1.29 is 22.7 Å². The monoisotopic (exact) mass is 551 g/mol. The Bertz CT molecular complexity index is 1380. The lowest BCUT2D eigenvalue weighted by Gasteiger charge is -2.32. The second-order valence-electron chi connectivity index (χ2n) is 9.85. The molecular weight excluding hydrogens is 514 g/mol. The van der Waals surface area contributed by atoms with Crippen LogP contribution in [0.15, 0.2) is 83.8 Å². The summed E-state index contributed by atoms with van der Waals surface area (Å²) < 4.78 is 34.0. The molecule has 0 unspecified atom stereocenters. The van der Waals surface area contributed by atoms with E-state index in [2.05, 4.69) is 5.32 Å². The fraction of sp³-hybridized carbons (Fsp3) is 0.333. The maximum absolute atomic E-state index is 13.9. The number of hydrogen-bond donors (Lipinski definition) is 1. The lowest BCUT2D eigenvalue weighted by molar-refractivity contribution is -0.139. The molecule has 2 amide bonds. The van der Waals surface area contributed by atoms with E-state index in [0.29, 0.717) is 18.0 Å². The molecule has 1 N–H and O–H groups in total. The van der Waals surface area contributed by atoms with Gasteiger partial charge in [-0.1, -0.05) is 56.3 Å². The van der Waals surface area contributed by atoms with E-state index in [1.165, 1.54) is 17.0 Å². The van der Waals surface area contributed by atoms with Gasteiger partial charge >= 0.3 is 0 Å². The fourth-order valence-corrected chi connectivity index (χ4v) is 5.46. The molecule has 9 heteroatoms. The van der Waals surface area contributed by atoms with Crippen molar-refractivity contribution in [1.82, 2.24) is 10.2 Å². The summed E-state index contributed by atoms with van der Waals surface area (Å²) in [5.41, 5.74) is 1.97. The maximum Gasteiger partial charge on any atom is 0.264 e. The molecule has 3 aromatic rings. The topological polar surface area (TPSA) is 96.0 Å². The van der Waals surface area contributed by atoms with Crippen LogP contribution in [-0.2, 0) is 26.2 Å². The number of carbonyl (C=O) groups is 2. The van der Waals surface area contributed by atoms with E-state index in [9.17, 15) is 18.0 Å². The SMILES string of the molecule is COc1cccc(CN(C(=O)CN(c2cccc(C)c2)S(=O)(=O)c2ccccc2)[C@H](C)C(=O)NCC(C)C)c1. The van der Waals surface area contributed by atoms with Crippen molar-refractivity contribution in [2.24, 2.45) is 5.92 Å². The number of nitrogens with zero attached hydrogens (tertiary/aromatic N) is 2. The fourth-order valence-electron chi connectivity index (χ4n) is 4.03. The predicted molar refractivity (Wildman–Crippen MR) is 153 cm³/mol. The third-order valence-corrected chi connectivity index (χ3v) is 8.03. The van der Waals surface area contributed by atoms with E-state index in [1.54, 1.807) is 68.6 Å². The Hall–Kier alpha value is -3.85. The highest BCUT2D eigenvalue weighted by Gasteiger charge is 2.32. The van der Waals surface area contributed by atoms with Gasteiger partial charge in [-0.2, -0.15) is 0 Å². The van der Waals surface area contributed by atoms with Gasteiger partial charge in [-0.05, 0) is 67.3 Å². The molecule has 0 aliphatic carbocycles. The van der Waals surface area contributed by atoms with Gasteiger partial charge in [0.05, 0.1) is 17.7 Å². The van der Waals surface area contributed by atoms with Gasteiger partial charge in [-0.25, -0.2) is 8.42 Å². The summed E-state index contributed by atoms with van der Waals surface area (Å²) in [4.78, 5) is 28.5. The lowest BCUT2D eigenvalue weighted by atomic mass is 10.1. The van der Waals surface area contributed by atoms with Gasteiger partial charge in [-0.3, -0.25) is 13.9 Å². The summed E-state index contributed by atoms with van der Waals surface area (Å²) in [5, 5.41) is 2.88. The smallest absolute Gasteiger partial charge is 0.264 e. The molecule has 0 heterocycles. The molecular formula is C30H37N3O5S. The highest BCUT2D eigenvalue weighted by atomic mass is 32.2. The third-order valence-electron chi connectivity index (χ3n) is 6.24. The molecule has 0 aliphatic rings. The van der Waals surface area contributed by atoms with Gasteiger partial charge in [0.15, 0.2) is 0 Å². The molecule has 208 valence electrons. The lowest BCUT2D eigenvalue weighted by Crippen LogP contribution is -2.51. The Morgan fingerprint density at radius 1 is 0.923 bits per heavy atom. The van der Waals surface area contributed by atoms with E-state index in [4.69, 9.17) is 4.74 Å². The molecule has 3 rings (SSSR count). The van der Waals surface area contributed by atoms with Crippen LogP contribution in [0.5, 0.6) is 5.75 Å². The molecule has 0 fully saturated rings. The van der Waals surface area contributed by atoms with Gasteiger partial charge in [0, 0.05) is 13.1 Å². The molecule has 0 saturated carbocycles. The number of carbonyl (C=O) groups excluding carboxylic acids is 2. The summed E-state index contributed by atoms with van der Waals surface area (Å²) in [5.74, 6) is 0.0281. The van der Waals surface area contributed by atoms with Crippen molar-refractivity contribution in [3.63, 3.8) is 0 Å². The number of anilines is 1. The number of benzene rings is 3. The highest BCUT2D eigenvalue weighted by molar-refractivity contribution is 7.92. The quantitative estimate of drug-likeness (QED) is 0.360. The molecule has 0 spiro atoms. The first kappa shape index (κ1) is 29.7. The van der Waals surface area contributed by atoms with E-state index < -0.39 is 28.5 Å². The van der Waals surface area contributed by atoms with Crippen LogP contribution in [-0.4, -0.2) is 51.4 Å². The van der Waals surface area contributed by atoms with Crippen LogP contribution in [0.25, 0.3) is 0 Å². The Morgan fingerprint density at radius 2 is 1.62 bits per heavy atom. The summed E-state index contributed by atoms with van der Waals surface area (Å²) in [6.45, 7) is 7.55. The Kier molecular flexibility index (Phi) is 10.1. The normalized spacial score (nSPS) is 12.1. The Labute approximate surface area is 231 Å². The van der Waals surface area contributed by atoms with Gasteiger partial charge in [-0.15, -0.1) is 0 Å². The zero-order valence-corrected chi connectivity index (χ0v) is 23.9. The molecule has 8 nitrogen and oxygen atoms in total. The first-order valence-corrected chi connectivity index (χ1v) is 14.3. The maximum atomic E-state index is 13.9. The van der Waals surface area contributed by atoms with Crippen molar-refractivity contribution in [2.75, 3.05) is 24.5 Å². The number of amides is 2. The average molecular weight is 552 g/mol. The standard InChI is InChI=1S/C30H37N3O5S/c1-22(2)19-31-30(35)24(4)32(20-25-12-10-14-27(18-25)38-5)29(34)21-33(26-13-9-11-23(3)17-26)39(36,37)28-15-7-6-8-16-28/h6-18,22,24H,19-21H2,1-5H3,(H,31,35)/t24-/m1/s1. The van der Waals surface area contributed by atoms with Crippen LogP contribution in [0.2, 0.25) is 0 Å². The zero-order chi connectivity index (χ0) is 28.6. The van der Waals surface area contributed by atoms with Crippen molar-refractivity contribution >= 4 is 27.5 Å². The number of nitrogens with one attached hydrogen (secondary N) is 1. The van der Waals surface area contributed by atoms with Crippen LogP contribution < -0.4 is 14.4 Å². The van der Waals surface area contributed by atoms with Crippen LogP contribution in [0.1, 0.15) is 31.9 Å². The number of ether oxygens (including phenoxy) is 1. The van der Waals surface area contributed by atoms with E-state index in [1.807, 2.05) is 32.9 Å². The number of rotatable bonds is 12. The Balaban J connectivity index is 2.01. The number of aryl methyl sites for hydroxylation is 1. The van der Waals surface area contributed by atoms with Crippen LogP contribution in [0.3, 0.4) is 0 Å². The van der Waals surface area contributed by atoms with Gasteiger partial charge in [0.2, 0.25) is 11.8 Å². The summed E-state index contributed by atoms with van der Waals surface area (Å²) >= 11 is 0. The Morgan fingerprint density at radius 3 is 2.26 bits per heavy atom. The third kappa shape index (κ3) is 7.83. The van der Waals surface area contributed by atoms with Crippen molar-refractivity contribution in [3.05, 3.63) is 90.0 Å². The predicted octanol–water partition coefficient (Wildman–Crippen LogP) is 4.39. The summed E-state index contributed by atoms with van der Waals surface area (Å²) in [7, 11) is -2.53. The van der Waals surface area contributed by atoms with Crippen molar-refractivity contribution in [3.8, 4) is 5.75 Å². The van der Waals surface area contributed by atoms with Crippen LogP contribution in [0.4, 0.5) is 5.69 Å². The van der Waals surface area contributed by atoms with E-state index in [-0.39, 0.29) is 23.3 Å². The molecule has 39 heavy (non-hydrogen) atoms. The highest BCUT2D eigenvalue weighted by Crippen LogP contribution is 2.25. The first-order valence-electron chi connectivity index (χ1n) is 12.9. The largest absolute Gasteiger partial charge is 0.497 e. The second kappa shape index (κ2) is 13.3. The van der Waals surface area contributed by atoms with Gasteiger partial charge < -0.3 is 15.0 Å². The molecule has 0 bridgehead atoms. The first-order chi connectivity index (χ1) is 18.5. The average Bonchev–Trinajstić information content (AvgIpc) is 2.93. The number of sulfonamides is 1. The summed E-state index contributed by atoms with van der Waals surface area (Å²) in [6, 6.07) is 21.4. The van der Waals surface area contributed by atoms with Gasteiger partial charge in [0.1, 0.15) is 18.3 Å². The van der Waals surface area contributed by atoms with Crippen molar-refractivity contribution in [1.29, 1.82) is 0 Å². The number of hydrogen-bond acceptors (Lipinski definition) is 5. The molecule has 3 aromatic carbocycles.